The summed E-state index contributed by atoms with van der Waals surface area (Å²) < 4.78 is 32.8. The van der Waals surface area contributed by atoms with Gasteiger partial charge in [0, 0.05) is 64.6 Å². The van der Waals surface area contributed by atoms with E-state index in [9.17, 15) is 9.46 Å². The molecule has 28 heavy (non-hydrogen) atoms. The van der Waals surface area contributed by atoms with Crippen molar-refractivity contribution in [3.63, 3.8) is 0 Å². The number of ether oxygens (including phenoxy) is 2. The van der Waals surface area contributed by atoms with Crippen LogP contribution in [0.3, 0.4) is 0 Å². The van der Waals surface area contributed by atoms with Gasteiger partial charge in [-0.3, -0.25) is 9.05 Å². The van der Waals surface area contributed by atoms with Gasteiger partial charge in [-0.2, -0.15) is 0 Å². The van der Waals surface area contributed by atoms with Gasteiger partial charge in [-0.15, -0.1) is 0 Å². The number of phosphoric ester groups is 1. The Labute approximate surface area is 215 Å². The minimum Gasteiger partial charge on any atom is -0.379 e. The third-order valence-electron chi connectivity index (χ3n) is 4.76. The molecular weight excluding hydrogens is 406 g/mol. The fourth-order valence-electron chi connectivity index (χ4n) is 2.76. The first-order chi connectivity index (χ1) is 13.0. The Morgan fingerprint density at radius 2 is 1.14 bits per heavy atom. The fourth-order valence-corrected chi connectivity index (χ4v) is 3.44. The van der Waals surface area contributed by atoms with Crippen molar-refractivity contribution in [2.24, 2.45) is 11.8 Å². The van der Waals surface area contributed by atoms with Gasteiger partial charge in [0.25, 0.3) is 0 Å². The molecule has 0 heterocycles. The molecule has 0 aromatic rings. The molecule has 0 aliphatic carbocycles. The number of unbranched alkanes of at least 4 members (excludes halogenated alkanes) is 2. The fraction of sp³-hybridized carbons (Fsp3) is 1.00. The molecule has 0 spiro atoms. The molecule has 0 aliphatic rings. The maximum absolute atomic E-state index is 11.8. The Bertz CT molecular complexity index is 343. The van der Waals surface area contributed by atoms with Crippen LogP contribution < -0.4 is 0 Å². The van der Waals surface area contributed by atoms with E-state index in [-0.39, 0.29) is 64.6 Å². The molecule has 8 heteroatoms. The molecule has 0 fully saturated rings. The molecule has 0 aliphatic heterocycles. The van der Waals surface area contributed by atoms with Gasteiger partial charge in [0.05, 0.1) is 26.4 Å². The number of hydrogen-bond acceptors (Lipinski definition) is 5. The van der Waals surface area contributed by atoms with Crippen molar-refractivity contribution in [1.29, 1.82) is 0 Å². The molecule has 2 unspecified atom stereocenters. The van der Waals surface area contributed by atoms with Gasteiger partial charge in [-0.25, -0.2) is 4.57 Å². The molecule has 0 amide bonds. The third kappa shape index (κ3) is 19.6. The van der Waals surface area contributed by atoms with E-state index < -0.39 is 7.82 Å². The predicted octanol–water partition coefficient (Wildman–Crippen LogP) is 5.21. The molecule has 0 rings (SSSR count). The second kappa shape index (κ2) is 21.9. The first-order valence-corrected chi connectivity index (χ1v) is 12.3. The topological polar surface area (TPSA) is 74.2 Å². The molecule has 0 aromatic carbocycles. The van der Waals surface area contributed by atoms with Crippen LogP contribution in [0.15, 0.2) is 0 Å². The van der Waals surface area contributed by atoms with Gasteiger partial charge in [0.1, 0.15) is 0 Å². The Balaban J connectivity index is 0. The smallest absolute Gasteiger partial charge is 0.379 e. The van der Waals surface area contributed by atoms with E-state index in [1.807, 2.05) is 0 Å². The van der Waals surface area contributed by atoms with E-state index in [4.69, 9.17) is 18.5 Å². The Morgan fingerprint density at radius 1 is 0.750 bits per heavy atom. The molecule has 2 atom stereocenters. The van der Waals surface area contributed by atoms with Crippen LogP contribution in [0.2, 0.25) is 0 Å². The van der Waals surface area contributed by atoms with E-state index in [0.717, 1.165) is 25.7 Å². The van der Waals surface area contributed by atoms with Crippen LogP contribution in [0, 0.1) is 11.8 Å². The van der Waals surface area contributed by atoms with Gasteiger partial charge < -0.3 is 14.4 Å². The summed E-state index contributed by atoms with van der Waals surface area (Å²) in [7, 11) is -4.03. The molecular formula is C20H43KO6P. The van der Waals surface area contributed by atoms with Crippen molar-refractivity contribution in [2.75, 3.05) is 39.6 Å². The Hall–Kier alpha value is 1.67. The predicted molar refractivity (Wildman–Crippen MR) is 116 cm³/mol. The van der Waals surface area contributed by atoms with Gasteiger partial charge in [0.15, 0.2) is 0 Å². The Kier molecular flexibility index (Phi) is 24.9. The van der Waals surface area contributed by atoms with Crippen LogP contribution in [0.1, 0.15) is 79.1 Å². The zero-order chi connectivity index (χ0) is 20.4. The second-order valence-corrected chi connectivity index (χ2v) is 8.57. The van der Waals surface area contributed by atoms with Gasteiger partial charge in [-0.05, 0) is 24.7 Å². The maximum Gasteiger partial charge on any atom is 0.472 e. The Morgan fingerprint density at radius 3 is 1.46 bits per heavy atom. The first kappa shape index (κ1) is 31.8. The van der Waals surface area contributed by atoms with Crippen LogP contribution in [0.4, 0.5) is 0 Å². The van der Waals surface area contributed by atoms with Gasteiger partial charge in [0.2, 0.25) is 0 Å². The van der Waals surface area contributed by atoms with Gasteiger partial charge in [-0.1, -0.05) is 66.2 Å². The summed E-state index contributed by atoms with van der Waals surface area (Å²) in [5, 5.41) is 0. The summed E-state index contributed by atoms with van der Waals surface area (Å²) in [6.45, 7) is 10.7. The first-order valence-electron chi connectivity index (χ1n) is 10.8. The zero-order valence-corrected chi connectivity index (χ0v) is 23.0. The van der Waals surface area contributed by atoms with Crippen molar-refractivity contribution >= 4 is 59.2 Å². The summed E-state index contributed by atoms with van der Waals surface area (Å²) >= 11 is 0. The van der Waals surface area contributed by atoms with E-state index in [0.29, 0.717) is 38.3 Å². The van der Waals surface area contributed by atoms with Gasteiger partial charge >= 0.3 is 7.82 Å². The number of phosphoric acid groups is 1. The summed E-state index contributed by atoms with van der Waals surface area (Å²) in [6, 6.07) is 0. The SMILES string of the molecule is CCCCC(CC)COCCOP(=O)(O)OCCOCC(CC)CCCC.[K]. The van der Waals surface area contributed by atoms with Crippen LogP contribution in [0.5, 0.6) is 0 Å². The van der Waals surface area contributed by atoms with Crippen molar-refractivity contribution in [3.8, 4) is 0 Å². The number of rotatable bonds is 20. The molecule has 1 radical (unpaired) electrons. The molecule has 165 valence electrons. The van der Waals surface area contributed by atoms with E-state index in [2.05, 4.69) is 27.7 Å². The van der Waals surface area contributed by atoms with Crippen molar-refractivity contribution in [2.45, 2.75) is 79.1 Å². The van der Waals surface area contributed by atoms with E-state index >= 15 is 0 Å². The van der Waals surface area contributed by atoms with Crippen LogP contribution in [-0.2, 0) is 23.1 Å². The maximum atomic E-state index is 11.8. The largest absolute Gasteiger partial charge is 0.472 e. The van der Waals surface area contributed by atoms with Crippen molar-refractivity contribution in [3.05, 3.63) is 0 Å². The van der Waals surface area contributed by atoms with Crippen LogP contribution >= 0.6 is 7.82 Å². The number of hydrogen-bond donors (Lipinski definition) is 1. The standard InChI is InChI=1S/C20H43O6P.K/c1-5-9-11-19(7-3)17-23-13-15-25-27(21,22)26-16-14-24-18-20(8-4)12-10-6-2;/h19-20H,5-18H2,1-4H3,(H,21,22);. The molecule has 0 saturated heterocycles. The average Bonchev–Trinajstić information content (AvgIpc) is 2.66. The zero-order valence-electron chi connectivity index (χ0n) is 19.0. The summed E-state index contributed by atoms with van der Waals surface area (Å²) in [5.74, 6) is 1.09. The molecule has 6 nitrogen and oxygen atoms in total. The minimum absolute atomic E-state index is 0. The molecule has 0 bridgehead atoms. The monoisotopic (exact) mass is 449 g/mol. The van der Waals surface area contributed by atoms with Crippen LogP contribution in [-0.4, -0.2) is 95.9 Å². The summed E-state index contributed by atoms with van der Waals surface area (Å²) in [4.78, 5) is 9.66. The second-order valence-electron chi connectivity index (χ2n) is 7.12. The normalized spacial score (nSPS) is 15.6. The molecule has 1 N–H and O–H groups in total. The average molecular weight is 450 g/mol. The molecule has 0 saturated carbocycles. The third-order valence-corrected chi connectivity index (χ3v) is 5.78. The quantitative estimate of drug-likeness (QED) is 0.156. The van der Waals surface area contributed by atoms with Crippen LogP contribution in [0.25, 0.3) is 0 Å². The minimum atomic E-state index is -4.03. The molecule has 0 aromatic heterocycles. The van der Waals surface area contributed by atoms with E-state index in [1.54, 1.807) is 0 Å². The summed E-state index contributed by atoms with van der Waals surface area (Å²) in [6.07, 6.45) is 9.27. The van der Waals surface area contributed by atoms with E-state index in [1.165, 1.54) is 25.7 Å². The van der Waals surface area contributed by atoms with Crippen molar-refractivity contribution in [1.82, 2.24) is 0 Å². The van der Waals surface area contributed by atoms with Crippen molar-refractivity contribution < 1.29 is 28.0 Å². The summed E-state index contributed by atoms with van der Waals surface area (Å²) in [5.41, 5.74) is 0.